The van der Waals surface area contributed by atoms with E-state index in [1.807, 2.05) is 6.92 Å². The molecule has 2 nitrogen and oxygen atoms in total. The molecule has 0 unspecified atom stereocenters. The van der Waals surface area contributed by atoms with Gasteiger partial charge in [-0.3, -0.25) is 4.79 Å². The van der Waals surface area contributed by atoms with E-state index in [-0.39, 0.29) is 11.2 Å². The molecule has 1 aromatic carbocycles. The van der Waals surface area contributed by atoms with Crippen molar-refractivity contribution in [3.63, 3.8) is 0 Å². The lowest BCUT2D eigenvalue weighted by Crippen LogP contribution is -2.17. The Labute approximate surface area is 160 Å². The van der Waals surface area contributed by atoms with Crippen LogP contribution < -0.4 is 4.74 Å². The standard InChI is InChI=1S/C24H36O2/c1-6-7-8-9-10-11-12-13-22(25)21-17-19-16-20(24(3,4)5)14-15-23(19)26-18(21)2/h14-16H,6-13,17H2,1-5H3. The Bertz CT molecular complexity index is 647. The second-order valence-corrected chi connectivity index (χ2v) is 8.68. The van der Waals surface area contributed by atoms with Gasteiger partial charge in [0.2, 0.25) is 0 Å². The summed E-state index contributed by atoms with van der Waals surface area (Å²) in [5.41, 5.74) is 3.41. The van der Waals surface area contributed by atoms with Gasteiger partial charge in [0.15, 0.2) is 5.78 Å². The number of rotatable bonds is 9. The highest BCUT2D eigenvalue weighted by molar-refractivity contribution is 5.96. The second-order valence-electron chi connectivity index (χ2n) is 8.68. The molecule has 0 saturated heterocycles. The summed E-state index contributed by atoms with van der Waals surface area (Å²) < 4.78 is 5.96. The molecule has 0 aliphatic carbocycles. The molecule has 0 radical (unpaired) electrons. The van der Waals surface area contributed by atoms with Crippen molar-refractivity contribution in [2.45, 2.75) is 97.8 Å². The molecule has 0 atom stereocenters. The maximum atomic E-state index is 12.7. The van der Waals surface area contributed by atoms with Crippen LogP contribution in [0.15, 0.2) is 29.5 Å². The van der Waals surface area contributed by atoms with Gasteiger partial charge in [0.05, 0.1) is 0 Å². The van der Waals surface area contributed by atoms with Gasteiger partial charge in [-0.25, -0.2) is 0 Å². The number of fused-ring (bicyclic) bond motifs is 1. The van der Waals surface area contributed by atoms with Crippen molar-refractivity contribution >= 4 is 5.78 Å². The van der Waals surface area contributed by atoms with Crippen LogP contribution in [-0.2, 0) is 16.6 Å². The van der Waals surface area contributed by atoms with Crippen LogP contribution in [0.2, 0.25) is 0 Å². The van der Waals surface area contributed by atoms with E-state index in [9.17, 15) is 4.79 Å². The number of hydrogen-bond donors (Lipinski definition) is 0. The molecule has 2 rings (SSSR count). The van der Waals surface area contributed by atoms with E-state index in [0.29, 0.717) is 12.8 Å². The average Bonchev–Trinajstić information content (AvgIpc) is 2.59. The van der Waals surface area contributed by atoms with E-state index in [2.05, 4.69) is 45.9 Å². The van der Waals surface area contributed by atoms with Gasteiger partial charge in [0.25, 0.3) is 0 Å². The second kappa shape index (κ2) is 9.39. The molecule has 1 aliphatic heterocycles. The van der Waals surface area contributed by atoms with Crippen molar-refractivity contribution in [3.05, 3.63) is 40.7 Å². The Hall–Kier alpha value is -1.57. The van der Waals surface area contributed by atoms with Gasteiger partial charge in [-0.15, -0.1) is 0 Å². The third-order valence-electron chi connectivity index (χ3n) is 5.33. The van der Waals surface area contributed by atoms with Crippen LogP contribution in [0.4, 0.5) is 0 Å². The zero-order chi connectivity index (χ0) is 19.2. The smallest absolute Gasteiger partial charge is 0.162 e. The number of ketones is 1. The molecule has 0 aromatic heterocycles. The molecule has 2 heteroatoms. The topological polar surface area (TPSA) is 26.3 Å². The molecule has 144 valence electrons. The number of allylic oxidation sites excluding steroid dienone is 2. The van der Waals surface area contributed by atoms with E-state index in [4.69, 9.17) is 4.74 Å². The van der Waals surface area contributed by atoms with Crippen molar-refractivity contribution in [1.29, 1.82) is 0 Å². The number of Topliss-reactive ketones (excluding diaryl/α,β-unsaturated/α-hetero) is 1. The minimum atomic E-state index is 0.104. The van der Waals surface area contributed by atoms with Gasteiger partial charge >= 0.3 is 0 Å². The SMILES string of the molecule is CCCCCCCCCC(=O)C1=C(C)Oc2ccc(C(C)(C)C)cc2C1. The molecule has 1 aromatic rings. The van der Waals surface area contributed by atoms with Crippen molar-refractivity contribution in [2.75, 3.05) is 0 Å². The monoisotopic (exact) mass is 356 g/mol. The fourth-order valence-corrected chi connectivity index (χ4v) is 3.51. The van der Waals surface area contributed by atoms with Crippen molar-refractivity contribution in [2.24, 2.45) is 0 Å². The van der Waals surface area contributed by atoms with Crippen LogP contribution in [-0.4, -0.2) is 5.78 Å². The average molecular weight is 357 g/mol. The van der Waals surface area contributed by atoms with Crippen LogP contribution in [0, 0.1) is 0 Å². The number of hydrogen-bond acceptors (Lipinski definition) is 2. The first-order valence-corrected chi connectivity index (χ1v) is 10.4. The van der Waals surface area contributed by atoms with Gasteiger partial charge in [0.1, 0.15) is 11.5 Å². The van der Waals surface area contributed by atoms with E-state index in [0.717, 1.165) is 35.5 Å². The first kappa shape index (κ1) is 20.7. The maximum absolute atomic E-state index is 12.7. The summed E-state index contributed by atoms with van der Waals surface area (Å²) in [6, 6.07) is 6.40. The van der Waals surface area contributed by atoms with Crippen LogP contribution in [0.25, 0.3) is 0 Å². The summed E-state index contributed by atoms with van der Waals surface area (Å²) in [6.07, 6.45) is 10.0. The summed E-state index contributed by atoms with van der Waals surface area (Å²) in [4.78, 5) is 12.7. The van der Waals surface area contributed by atoms with Crippen LogP contribution in [0.3, 0.4) is 0 Å². The predicted octanol–water partition coefficient (Wildman–Crippen LogP) is 6.90. The van der Waals surface area contributed by atoms with Crippen LogP contribution >= 0.6 is 0 Å². The highest BCUT2D eigenvalue weighted by Crippen LogP contribution is 2.34. The quantitative estimate of drug-likeness (QED) is 0.450. The number of carbonyl (C=O) groups is 1. The summed E-state index contributed by atoms with van der Waals surface area (Å²) in [5.74, 6) is 1.96. The van der Waals surface area contributed by atoms with Crippen molar-refractivity contribution < 1.29 is 9.53 Å². The molecular formula is C24H36O2. The van der Waals surface area contributed by atoms with Gasteiger partial charge in [-0.1, -0.05) is 78.4 Å². The van der Waals surface area contributed by atoms with Crippen LogP contribution in [0.5, 0.6) is 5.75 Å². The first-order chi connectivity index (χ1) is 12.3. The van der Waals surface area contributed by atoms with E-state index < -0.39 is 0 Å². The summed E-state index contributed by atoms with van der Waals surface area (Å²) in [7, 11) is 0. The molecule has 1 aliphatic rings. The molecule has 0 amide bonds. The molecule has 26 heavy (non-hydrogen) atoms. The molecule has 0 N–H and O–H groups in total. The molecule has 0 spiro atoms. The number of carbonyl (C=O) groups excluding carboxylic acids is 1. The summed E-state index contributed by atoms with van der Waals surface area (Å²) in [6.45, 7) is 10.8. The number of ether oxygens (including phenoxy) is 1. The minimum absolute atomic E-state index is 0.104. The summed E-state index contributed by atoms with van der Waals surface area (Å²) >= 11 is 0. The molecule has 0 fully saturated rings. The first-order valence-electron chi connectivity index (χ1n) is 10.4. The van der Waals surface area contributed by atoms with Crippen molar-refractivity contribution in [1.82, 2.24) is 0 Å². The Balaban J connectivity index is 1.91. The number of benzene rings is 1. The zero-order valence-electron chi connectivity index (χ0n) is 17.4. The van der Waals surface area contributed by atoms with Gasteiger partial charge < -0.3 is 4.74 Å². The molecular weight excluding hydrogens is 320 g/mol. The van der Waals surface area contributed by atoms with E-state index in [1.165, 1.54) is 37.7 Å². The lowest BCUT2D eigenvalue weighted by molar-refractivity contribution is -0.116. The Morgan fingerprint density at radius 1 is 1.04 bits per heavy atom. The molecule has 1 heterocycles. The fraction of sp³-hybridized carbons (Fsp3) is 0.625. The zero-order valence-corrected chi connectivity index (χ0v) is 17.4. The molecule has 0 saturated carbocycles. The summed E-state index contributed by atoms with van der Waals surface area (Å²) in [5, 5.41) is 0. The van der Waals surface area contributed by atoms with E-state index in [1.54, 1.807) is 0 Å². The predicted molar refractivity (Wildman–Crippen MR) is 110 cm³/mol. The maximum Gasteiger partial charge on any atom is 0.162 e. The van der Waals surface area contributed by atoms with E-state index >= 15 is 0 Å². The third kappa shape index (κ3) is 5.72. The lowest BCUT2D eigenvalue weighted by atomic mass is 9.84. The Morgan fingerprint density at radius 3 is 2.35 bits per heavy atom. The van der Waals surface area contributed by atoms with Crippen LogP contribution in [0.1, 0.15) is 97.1 Å². The third-order valence-corrected chi connectivity index (χ3v) is 5.33. The van der Waals surface area contributed by atoms with Gasteiger partial charge in [-0.05, 0) is 36.0 Å². The molecule has 0 bridgehead atoms. The highest BCUT2D eigenvalue weighted by Gasteiger charge is 2.24. The number of unbranched alkanes of at least 4 members (excludes halogenated alkanes) is 6. The lowest BCUT2D eigenvalue weighted by Gasteiger charge is -2.25. The Kier molecular flexibility index (Phi) is 7.49. The van der Waals surface area contributed by atoms with Gasteiger partial charge in [0, 0.05) is 18.4 Å². The minimum Gasteiger partial charge on any atom is -0.461 e. The largest absolute Gasteiger partial charge is 0.461 e. The Morgan fingerprint density at radius 2 is 1.69 bits per heavy atom. The highest BCUT2D eigenvalue weighted by atomic mass is 16.5. The normalized spacial score (nSPS) is 14.2. The van der Waals surface area contributed by atoms with Crippen molar-refractivity contribution in [3.8, 4) is 5.75 Å². The fourth-order valence-electron chi connectivity index (χ4n) is 3.51. The van der Waals surface area contributed by atoms with Gasteiger partial charge in [-0.2, -0.15) is 0 Å².